The molecule has 0 bridgehead atoms. The molecule has 0 aromatic carbocycles. The van der Waals surface area contributed by atoms with E-state index in [0.29, 0.717) is 18.4 Å². The van der Waals surface area contributed by atoms with Crippen LogP contribution in [0.5, 0.6) is 0 Å². The van der Waals surface area contributed by atoms with Crippen molar-refractivity contribution in [3.8, 4) is 0 Å². The Morgan fingerprint density at radius 2 is 2.11 bits per heavy atom. The SMILES string of the molecule is CCOC(=O)C(C(=O)NCC1CCCS1)C(C)(C)C. The van der Waals surface area contributed by atoms with Gasteiger partial charge in [-0.3, -0.25) is 9.59 Å². The van der Waals surface area contributed by atoms with E-state index in [9.17, 15) is 9.59 Å². The van der Waals surface area contributed by atoms with Crippen molar-refractivity contribution in [2.75, 3.05) is 18.9 Å². The number of rotatable bonds is 5. The van der Waals surface area contributed by atoms with E-state index in [-0.39, 0.29) is 5.91 Å². The number of nitrogens with one attached hydrogen (secondary N) is 1. The maximum absolute atomic E-state index is 12.2. The van der Waals surface area contributed by atoms with Gasteiger partial charge in [-0.1, -0.05) is 20.8 Å². The summed E-state index contributed by atoms with van der Waals surface area (Å²) in [5.41, 5.74) is -0.431. The van der Waals surface area contributed by atoms with Crippen LogP contribution in [0.3, 0.4) is 0 Å². The summed E-state index contributed by atoms with van der Waals surface area (Å²) >= 11 is 1.89. The zero-order chi connectivity index (χ0) is 14.5. The molecule has 1 heterocycles. The Morgan fingerprint density at radius 1 is 1.42 bits per heavy atom. The van der Waals surface area contributed by atoms with Gasteiger partial charge in [-0.15, -0.1) is 0 Å². The van der Waals surface area contributed by atoms with Gasteiger partial charge in [0.2, 0.25) is 5.91 Å². The lowest BCUT2D eigenvalue weighted by Gasteiger charge is -2.28. The van der Waals surface area contributed by atoms with Crippen LogP contribution in [0.1, 0.15) is 40.5 Å². The van der Waals surface area contributed by atoms with Crippen molar-refractivity contribution in [2.24, 2.45) is 11.3 Å². The molecule has 1 rings (SSSR count). The Morgan fingerprint density at radius 3 is 2.58 bits per heavy atom. The third-order valence-electron chi connectivity index (χ3n) is 3.18. The Bertz CT molecular complexity index is 319. The molecule has 0 aliphatic carbocycles. The third-order valence-corrected chi connectivity index (χ3v) is 4.58. The molecule has 4 nitrogen and oxygen atoms in total. The van der Waals surface area contributed by atoms with Crippen molar-refractivity contribution >= 4 is 23.6 Å². The summed E-state index contributed by atoms with van der Waals surface area (Å²) in [6.45, 7) is 8.37. The summed E-state index contributed by atoms with van der Waals surface area (Å²) in [5.74, 6) is -0.204. The molecule has 19 heavy (non-hydrogen) atoms. The van der Waals surface area contributed by atoms with Crippen molar-refractivity contribution in [1.29, 1.82) is 0 Å². The number of hydrogen-bond acceptors (Lipinski definition) is 4. The van der Waals surface area contributed by atoms with E-state index in [1.54, 1.807) is 6.92 Å². The molecule has 0 radical (unpaired) electrons. The fourth-order valence-electron chi connectivity index (χ4n) is 2.20. The van der Waals surface area contributed by atoms with Gasteiger partial charge < -0.3 is 10.1 Å². The molecule has 0 saturated carbocycles. The normalized spacial score (nSPS) is 20.9. The van der Waals surface area contributed by atoms with Gasteiger partial charge in [0.1, 0.15) is 5.92 Å². The molecule has 0 aromatic heterocycles. The fourth-order valence-corrected chi connectivity index (χ4v) is 3.40. The lowest BCUT2D eigenvalue weighted by Crippen LogP contribution is -2.45. The van der Waals surface area contributed by atoms with Crippen molar-refractivity contribution in [2.45, 2.75) is 45.8 Å². The molecule has 2 atom stereocenters. The number of amides is 1. The smallest absolute Gasteiger partial charge is 0.319 e. The van der Waals surface area contributed by atoms with Crippen molar-refractivity contribution in [1.82, 2.24) is 5.32 Å². The zero-order valence-electron chi connectivity index (χ0n) is 12.3. The summed E-state index contributed by atoms with van der Waals surface area (Å²) in [6.07, 6.45) is 2.36. The molecule has 1 fully saturated rings. The molecule has 1 aliphatic rings. The summed E-state index contributed by atoms with van der Waals surface area (Å²) in [4.78, 5) is 24.2. The van der Waals surface area contributed by atoms with Crippen LogP contribution in [0.25, 0.3) is 0 Å². The molecule has 0 aromatic rings. The standard InChI is InChI=1S/C14H25NO3S/c1-5-18-13(17)11(14(2,3)4)12(16)15-9-10-7-6-8-19-10/h10-11H,5-9H2,1-4H3,(H,15,16). The number of carbonyl (C=O) groups is 2. The van der Waals surface area contributed by atoms with E-state index in [2.05, 4.69) is 5.32 Å². The largest absolute Gasteiger partial charge is 0.465 e. The minimum atomic E-state index is -0.737. The molecule has 1 amide bonds. The second kappa shape index (κ2) is 7.17. The van der Waals surface area contributed by atoms with Crippen molar-refractivity contribution < 1.29 is 14.3 Å². The molecule has 5 heteroatoms. The predicted molar refractivity (Wildman–Crippen MR) is 78.1 cm³/mol. The molecule has 1 saturated heterocycles. The van der Waals surface area contributed by atoms with Crippen LogP contribution in [0.15, 0.2) is 0 Å². The topological polar surface area (TPSA) is 55.4 Å². The Hall–Kier alpha value is -0.710. The second-order valence-corrected chi connectivity index (χ2v) is 7.34. The number of ether oxygens (including phenoxy) is 1. The molecular formula is C14H25NO3S. The van der Waals surface area contributed by atoms with Gasteiger partial charge in [0.15, 0.2) is 0 Å². The molecule has 1 N–H and O–H groups in total. The molecule has 1 aliphatic heterocycles. The van der Waals surface area contributed by atoms with Crippen LogP contribution >= 0.6 is 11.8 Å². The zero-order valence-corrected chi connectivity index (χ0v) is 13.1. The van der Waals surface area contributed by atoms with Gasteiger partial charge in [0.25, 0.3) is 0 Å². The van der Waals surface area contributed by atoms with Crippen molar-refractivity contribution in [3.63, 3.8) is 0 Å². The third kappa shape index (κ3) is 5.05. The van der Waals surface area contributed by atoms with Crippen LogP contribution in [0.2, 0.25) is 0 Å². The summed E-state index contributed by atoms with van der Waals surface area (Å²) in [5, 5.41) is 3.40. The van der Waals surface area contributed by atoms with Gasteiger partial charge in [0.05, 0.1) is 6.61 Å². The first kappa shape index (κ1) is 16.3. The number of hydrogen-bond donors (Lipinski definition) is 1. The van der Waals surface area contributed by atoms with Gasteiger partial charge in [0, 0.05) is 11.8 Å². The lowest BCUT2D eigenvalue weighted by molar-refractivity contribution is -0.156. The number of esters is 1. The summed E-state index contributed by atoms with van der Waals surface area (Å²) < 4.78 is 5.02. The first-order chi connectivity index (χ1) is 8.86. The van der Waals surface area contributed by atoms with Crippen molar-refractivity contribution in [3.05, 3.63) is 0 Å². The van der Waals surface area contributed by atoms with Crippen LogP contribution in [-0.4, -0.2) is 36.0 Å². The average Bonchev–Trinajstić information content (AvgIpc) is 2.77. The number of carbonyl (C=O) groups excluding carboxylic acids is 2. The first-order valence-electron chi connectivity index (χ1n) is 6.92. The molecular weight excluding hydrogens is 262 g/mol. The summed E-state index contributed by atoms with van der Waals surface area (Å²) in [6, 6.07) is 0. The van der Waals surface area contributed by atoms with E-state index >= 15 is 0 Å². The van der Waals surface area contributed by atoms with Gasteiger partial charge in [-0.05, 0) is 30.9 Å². The Labute approximate surface area is 120 Å². The van der Waals surface area contributed by atoms with E-state index in [1.807, 2.05) is 32.5 Å². The predicted octanol–water partition coefficient (Wildman–Crippen LogP) is 2.22. The fraction of sp³-hybridized carbons (Fsp3) is 0.857. The second-order valence-electron chi connectivity index (χ2n) is 5.93. The van der Waals surface area contributed by atoms with Crippen LogP contribution in [-0.2, 0) is 14.3 Å². The van der Waals surface area contributed by atoms with E-state index in [0.717, 1.165) is 6.42 Å². The lowest BCUT2D eigenvalue weighted by atomic mass is 9.80. The highest BCUT2D eigenvalue weighted by atomic mass is 32.2. The van der Waals surface area contributed by atoms with E-state index in [4.69, 9.17) is 4.74 Å². The number of thioether (sulfide) groups is 1. The minimum Gasteiger partial charge on any atom is -0.465 e. The van der Waals surface area contributed by atoms with E-state index in [1.165, 1.54) is 12.2 Å². The van der Waals surface area contributed by atoms with Gasteiger partial charge in [-0.25, -0.2) is 0 Å². The molecule has 0 spiro atoms. The highest BCUT2D eigenvalue weighted by Gasteiger charge is 2.39. The van der Waals surface area contributed by atoms with Gasteiger partial charge >= 0.3 is 5.97 Å². The minimum absolute atomic E-state index is 0.210. The molecule has 110 valence electrons. The highest BCUT2D eigenvalue weighted by molar-refractivity contribution is 8.00. The monoisotopic (exact) mass is 287 g/mol. The van der Waals surface area contributed by atoms with Crippen LogP contribution < -0.4 is 5.32 Å². The Kier molecular flexibility index (Phi) is 6.17. The van der Waals surface area contributed by atoms with Crippen LogP contribution in [0.4, 0.5) is 0 Å². The summed E-state index contributed by atoms with van der Waals surface area (Å²) in [7, 11) is 0. The first-order valence-corrected chi connectivity index (χ1v) is 7.97. The highest BCUT2D eigenvalue weighted by Crippen LogP contribution is 2.28. The van der Waals surface area contributed by atoms with Gasteiger partial charge in [-0.2, -0.15) is 11.8 Å². The maximum atomic E-state index is 12.2. The quantitative estimate of drug-likeness (QED) is 0.622. The van der Waals surface area contributed by atoms with Crippen LogP contribution in [0, 0.1) is 11.3 Å². The molecule has 2 unspecified atom stereocenters. The Balaban J connectivity index is 2.58. The average molecular weight is 287 g/mol. The maximum Gasteiger partial charge on any atom is 0.319 e. The van der Waals surface area contributed by atoms with E-state index < -0.39 is 17.3 Å².